The zero-order chi connectivity index (χ0) is 11.3. The summed E-state index contributed by atoms with van der Waals surface area (Å²) in [5.41, 5.74) is 2.25. The molecule has 4 heteroatoms. The van der Waals surface area contributed by atoms with E-state index in [0.717, 1.165) is 20.9 Å². The molecule has 3 rings (SSSR count). The largest absolute Gasteiger partial charge is 0.249 e. The number of hydrogen-bond donors (Lipinski definition) is 0. The van der Waals surface area contributed by atoms with Gasteiger partial charge < -0.3 is 0 Å². The molecule has 16 heavy (non-hydrogen) atoms. The molecule has 1 aliphatic heterocycles. The lowest BCUT2D eigenvalue weighted by atomic mass is 10.1. The van der Waals surface area contributed by atoms with Gasteiger partial charge in [0.05, 0.1) is 20.6 Å². The Morgan fingerprint density at radius 1 is 0.812 bits per heavy atom. The summed E-state index contributed by atoms with van der Waals surface area (Å²) in [6, 6.07) is 12.2. The second-order valence-electron chi connectivity index (χ2n) is 3.55. The van der Waals surface area contributed by atoms with E-state index < -0.39 is 10.8 Å². The fraction of sp³-hybridized carbons (Fsp3) is 0. The average molecular weight is 452 g/mol. The van der Waals surface area contributed by atoms with Crippen molar-refractivity contribution in [1.29, 1.82) is 0 Å². The van der Waals surface area contributed by atoms with Gasteiger partial charge in [0.25, 0.3) is 0 Å². The molecule has 0 aromatic heterocycles. The van der Waals surface area contributed by atoms with Crippen molar-refractivity contribution in [3.63, 3.8) is 0 Å². The summed E-state index contributed by atoms with van der Waals surface area (Å²) >= 11 is 4.57. The molecule has 1 heterocycles. The highest BCUT2D eigenvalue weighted by Crippen LogP contribution is 2.41. The van der Waals surface area contributed by atoms with E-state index >= 15 is 0 Å². The van der Waals surface area contributed by atoms with Crippen LogP contribution in [0.3, 0.4) is 0 Å². The molecule has 0 saturated heterocycles. The quantitative estimate of drug-likeness (QED) is 0.471. The van der Waals surface area contributed by atoms with Gasteiger partial charge in [-0.05, 0) is 81.6 Å². The zero-order valence-electron chi connectivity index (χ0n) is 8.04. The van der Waals surface area contributed by atoms with E-state index in [0.29, 0.717) is 0 Å². The summed E-state index contributed by atoms with van der Waals surface area (Å²) in [6.45, 7) is 0. The molecule has 0 atom stereocenters. The van der Waals surface area contributed by atoms with Crippen molar-refractivity contribution in [2.75, 3.05) is 0 Å². The summed E-state index contributed by atoms with van der Waals surface area (Å²) in [6.07, 6.45) is 0. The minimum Gasteiger partial charge on any atom is -0.249 e. The third kappa shape index (κ3) is 1.65. The Morgan fingerprint density at radius 3 is 1.69 bits per heavy atom. The Balaban J connectivity index is 2.37. The molecular formula is C12H6I2OS. The third-order valence-electron chi connectivity index (χ3n) is 2.57. The van der Waals surface area contributed by atoms with Crippen LogP contribution in [0.4, 0.5) is 0 Å². The normalized spacial score (nSPS) is 13.6. The smallest absolute Gasteiger partial charge is 0.0862 e. The highest BCUT2D eigenvalue weighted by atomic mass is 127. The molecule has 1 aliphatic rings. The topological polar surface area (TPSA) is 17.1 Å². The van der Waals surface area contributed by atoms with Crippen LogP contribution in [0.25, 0.3) is 11.1 Å². The van der Waals surface area contributed by atoms with Crippen LogP contribution < -0.4 is 0 Å². The Bertz CT molecular complexity index is 569. The molecule has 2 aromatic carbocycles. The molecule has 0 N–H and O–H groups in total. The van der Waals surface area contributed by atoms with E-state index in [-0.39, 0.29) is 0 Å². The first-order valence-corrected chi connectivity index (χ1v) is 7.99. The van der Waals surface area contributed by atoms with Gasteiger partial charge in [-0.2, -0.15) is 0 Å². The zero-order valence-corrected chi connectivity index (χ0v) is 13.2. The lowest BCUT2D eigenvalue weighted by Crippen LogP contribution is -1.85. The standard InChI is InChI=1S/C12H6I2OS/c13-7-1-3-11-9(5-7)10-6-8(14)2-4-12(10)16(11)15/h1-6H. The van der Waals surface area contributed by atoms with Gasteiger partial charge in [-0.15, -0.1) is 0 Å². The molecule has 0 bridgehead atoms. The van der Waals surface area contributed by atoms with Crippen LogP contribution in [0.2, 0.25) is 0 Å². The van der Waals surface area contributed by atoms with Crippen molar-refractivity contribution in [2.45, 2.75) is 9.79 Å². The van der Waals surface area contributed by atoms with E-state index in [1.165, 1.54) is 7.14 Å². The van der Waals surface area contributed by atoms with Gasteiger partial charge >= 0.3 is 0 Å². The van der Waals surface area contributed by atoms with Crippen LogP contribution in [-0.4, -0.2) is 4.21 Å². The van der Waals surface area contributed by atoms with Crippen LogP contribution in [-0.2, 0) is 10.8 Å². The van der Waals surface area contributed by atoms with Crippen molar-refractivity contribution in [1.82, 2.24) is 0 Å². The first-order valence-electron chi connectivity index (χ1n) is 4.68. The highest BCUT2D eigenvalue weighted by Gasteiger charge is 2.25. The van der Waals surface area contributed by atoms with E-state index in [1.807, 2.05) is 24.3 Å². The van der Waals surface area contributed by atoms with Gasteiger partial charge in [0.15, 0.2) is 0 Å². The number of benzene rings is 2. The molecule has 0 aliphatic carbocycles. The van der Waals surface area contributed by atoms with E-state index in [1.54, 1.807) is 0 Å². The van der Waals surface area contributed by atoms with Crippen molar-refractivity contribution in [2.24, 2.45) is 0 Å². The molecule has 0 radical (unpaired) electrons. The van der Waals surface area contributed by atoms with Gasteiger partial charge in [0.1, 0.15) is 0 Å². The fourth-order valence-electron chi connectivity index (χ4n) is 1.87. The van der Waals surface area contributed by atoms with Gasteiger partial charge in [0, 0.05) is 18.3 Å². The van der Waals surface area contributed by atoms with Gasteiger partial charge in [-0.3, -0.25) is 0 Å². The predicted octanol–water partition coefficient (Wildman–Crippen LogP) is 4.04. The van der Waals surface area contributed by atoms with Gasteiger partial charge in [-0.1, -0.05) is 0 Å². The number of hydrogen-bond acceptors (Lipinski definition) is 1. The molecule has 0 unspecified atom stereocenters. The van der Waals surface area contributed by atoms with Crippen molar-refractivity contribution in [3.05, 3.63) is 43.5 Å². The fourth-order valence-corrected chi connectivity index (χ4v) is 4.21. The Kier molecular flexibility index (Phi) is 2.83. The SMILES string of the molecule is O=S1c2ccc(I)cc2-c2cc(I)ccc21. The van der Waals surface area contributed by atoms with Crippen molar-refractivity contribution < 1.29 is 4.21 Å². The summed E-state index contributed by atoms with van der Waals surface area (Å²) in [7, 11) is -0.996. The van der Waals surface area contributed by atoms with Gasteiger partial charge in [-0.25, -0.2) is 4.21 Å². The molecular weight excluding hydrogens is 446 g/mol. The first-order chi connectivity index (χ1) is 7.66. The summed E-state index contributed by atoms with van der Waals surface area (Å²) in [5, 5.41) is 0. The maximum atomic E-state index is 12.2. The molecule has 2 aromatic rings. The molecule has 80 valence electrons. The second kappa shape index (κ2) is 4.06. The van der Waals surface area contributed by atoms with Gasteiger partial charge in [0.2, 0.25) is 0 Å². The molecule has 0 saturated carbocycles. The van der Waals surface area contributed by atoms with E-state index in [9.17, 15) is 4.21 Å². The van der Waals surface area contributed by atoms with E-state index in [2.05, 4.69) is 57.3 Å². The Morgan fingerprint density at radius 2 is 1.25 bits per heavy atom. The number of fused-ring (bicyclic) bond motifs is 3. The third-order valence-corrected chi connectivity index (χ3v) is 5.43. The van der Waals surface area contributed by atoms with Crippen LogP contribution in [0.15, 0.2) is 46.2 Å². The van der Waals surface area contributed by atoms with Crippen LogP contribution >= 0.6 is 45.2 Å². The molecule has 1 nitrogen and oxygen atoms in total. The minimum absolute atomic E-state index is 0.942. The minimum atomic E-state index is -0.996. The van der Waals surface area contributed by atoms with Crippen LogP contribution in [0.1, 0.15) is 0 Å². The Hall–Kier alpha value is 0.0500. The first kappa shape index (κ1) is 11.2. The monoisotopic (exact) mass is 452 g/mol. The number of rotatable bonds is 0. The maximum absolute atomic E-state index is 12.2. The maximum Gasteiger partial charge on any atom is 0.0862 e. The lowest BCUT2D eigenvalue weighted by molar-refractivity contribution is 0.685. The van der Waals surface area contributed by atoms with Crippen molar-refractivity contribution >= 4 is 56.0 Å². The summed E-state index contributed by atoms with van der Waals surface area (Å²) < 4.78 is 14.6. The lowest BCUT2D eigenvalue weighted by Gasteiger charge is -2.00. The predicted molar refractivity (Wildman–Crippen MR) is 82.0 cm³/mol. The second-order valence-corrected chi connectivity index (χ2v) is 7.46. The van der Waals surface area contributed by atoms with Crippen LogP contribution in [0.5, 0.6) is 0 Å². The summed E-state index contributed by atoms with van der Waals surface area (Å²) in [5.74, 6) is 0. The molecule has 0 spiro atoms. The van der Waals surface area contributed by atoms with Crippen molar-refractivity contribution in [3.8, 4) is 11.1 Å². The molecule has 0 fully saturated rings. The van der Waals surface area contributed by atoms with E-state index in [4.69, 9.17) is 0 Å². The summed E-state index contributed by atoms with van der Waals surface area (Å²) in [4.78, 5) is 1.88. The molecule has 0 amide bonds. The average Bonchev–Trinajstić information content (AvgIpc) is 2.52. The highest BCUT2D eigenvalue weighted by molar-refractivity contribution is 14.1. The van der Waals surface area contributed by atoms with Crippen LogP contribution in [0, 0.1) is 7.14 Å². The number of halogens is 2. The Labute approximate surface area is 123 Å².